The number of carboxylic acid groups (broad SMARTS) is 1. The maximum Gasteiger partial charge on any atom is 0.345 e. The molecule has 0 saturated carbocycles. The Labute approximate surface area is 138 Å². The molecular formula is C16H19FN2O5. The first-order valence-electron chi connectivity index (χ1n) is 7.40. The zero-order valence-corrected chi connectivity index (χ0v) is 13.4. The number of halogens is 1. The van der Waals surface area contributed by atoms with Gasteiger partial charge >= 0.3 is 5.97 Å². The van der Waals surface area contributed by atoms with E-state index in [-0.39, 0.29) is 11.7 Å². The summed E-state index contributed by atoms with van der Waals surface area (Å²) in [6.45, 7) is 1.84. The van der Waals surface area contributed by atoms with Crippen molar-refractivity contribution < 1.29 is 28.6 Å². The number of rotatable bonds is 6. The first kappa shape index (κ1) is 17.9. The maximum atomic E-state index is 12.9. The molecule has 1 saturated heterocycles. The van der Waals surface area contributed by atoms with Crippen LogP contribution in [-0.2, 0) is 25.7 Å². The van der Waals surface area contributed by atoms with Gasteiger partial charge in [-0.25, -0.2) is 9.18 Å². The minimum atomic E-state index is -2.05. The van der Waals surface area contributed by atoms with Crippen molar-refractivity contribution in [3.63, 3.8) is 0 Å². The van der Waals surface area contributed by atoms with Gasteiger partial charge in [-0.1, -0.05) is 12.1 Å². The molecule has 0 bridgehead atoms. The smallest absolute Gasteiger partial charge is 0.345 e. The van der Waals surface area contributed by atoms with Gasteiger partial charge in [0.05, 0.1) is 0 Å². The van der Waals surface area contributed by atoms with E-state index in [9.17, 15) is 18.8 Å². The number of amides is 2. The SMILES string of the molecule is COC(C)(C(=O)O)C(=O)NC1CCN(Cc2ccc(F)cc2)C1=O. The second-order valence-electron chi connectivity index (χ2n) is 5.74. The van der Waals surface area contributed by atoms with Gasteiger partial charge in [0.1, 0.15) is 11.9 Å². The summed E-state index contributed by atoms with van der Waals surface area (Å²) in [5, 5.41) is 11.5. The van der Waals surface area contributed by atoms with Crippen molar-refractivity contribution in [2.45, 2.75) is 31.5 Å². The van der Waals surface area contributed by atoms with E-state index in [4.69, 9.17) is 9.84 Å². The average Bonchev–Trinajstić information content (AvgIpc) is 2.89. The first-order chi connectivity index (χ1) is 11.3. The van der Waals surface area contributed by atoms with Gasteiger partial charge in [-0.05, 0) is 31.0 Å². The molecule has 24 heavy (non-hydrogen) atoms. The van der Waals surface area contributed by atoms with Crippen molar-refractivity contribution in [3.8, 4) is 0 Å². The van der Waals surface area contributed by atoms with Crippen LogP contribution in [0.3, 0.4) is 0 Å². The van der Waals surface area contributed by atoms with Crippen molar-refractivity contribution in [2.24, 2.45) is 0 Å². The Bertz CT molecular complexity index is 648. The molecule has 2 rings (SSSR count). The van der Waals surface area contributed by atoms with Crippen molar-refractivity contribution in [1.82, 2.24) is 10.2 Å². The molecule has 1 aliphatic heterocycles. The third-order valence-electron chi connectivity index (χ3n) is 4.14. The van der Waals surface area contributed by atoms with E-state index < -0.39 is 23.5 Å². The van der Waals surface area contributed by atoms with E-state index in [1.54, 1.807) is 12.1 Å². The molecule has 1 aromatic rings. The van der Waals surface area contributed by atoms with Gasteiger partial charge in [0.2, 0.25) is 11.5 Å². The topological polar surface area (TPSA) is 95.9 Å². The number of nitrogens with zero attached hydrogens (tertiary/aromatic N) is 1. The number of hydrogen-bond acceptors (Lipinski definition) is 4. The van der Waals surface area contributed by atoms with E-state index in [1.807, 2.05) is 0 Å². The van der Waals surface area contributed by atoms with Gasteiger partial charge in [0.25, 0.3) is 5.91 Å². The zero-order valence-electron chi connectivity index (χ0n) is 13.4. The molecule has 0 aliphatic carbocycles. The quantitative estimate of drug-likeness (QED) is 0.738. The number of benzene rings is 1. The molecular weight excluding hydrogens is 319 g/mol. The summed E-state index contributed by atoms with van der Waals surface area (Å²) < 4.78 is 17.7. The van der Waals surface area contributed by atoms with Crippen LogP contribution in [0.1, 0.15) is 18.9 Å². The largest absolute Gasteiger partial charge is 0.479 e. The lowest BCUT2D eigenvalue weighted by atomic mass is 10.1. The van der Waals surface area contributed by atoms with Crippen LogP contribution >= 0.6 is 0 Å². The Kier molecular flexibility index (Phi) is 5.18. The Morgan fingerprint density at radius 1 is 1.42 bits per heavy atom. The van der Waals surface area contributed by atoms with Gasteiger partial charge in [0, 0.05) is 20.2 Å². The second-order valence-corrected chi connectivity index (χ2v) is 5.74. The van der Waals surface area contributed by atoms with E-state index in [0.717, 1.165) is 19.6 Å². The van der Waals surface area contributed by atoms with Crippen LogP contribution in [0.25, 0.3) is 0 Å². The monoisotopic (exact) mass is 338 g/mol. The number of aliphatic carboxylic acids is 1. The molecule has 1 aliphatic rings. The summed E-state index contributed by atoms with van der Waals surface area (Å²) in [7, 11) is 1.12. The van der Waals surface area contributed by atoms with Crippen LogP contribution in [0.5, 0.6) is 0 Å². The van der Waals surface area contributed by atoms with Crippen LogP contribution in [0.15, 0.2) is 24.3 Å². The van der Waals surface area contributed by atoms with E-state index in [1.165, 1.54) is 17.0 Å². The predicted molar refractivity (Wildman–Crippen MR) is 81.4 cm³/mol. The second kappa shape index (κ2) is 6.96. The highest BCUT2D eigenvalue weighted by Gasteiger charge is 2.44. The number of carbonyl (C=O) groups excluding carboxylic acids is 2. The Balaban J connectivity index is 2.00. The molecule has 2 atom stereocenters. The number of methoxy groups -OCH3 is 1. The molecule has 2 amide bonds. The molecule has 1 heterocycles. The summed E-state index contributed by atoms with van der Waals surface area (Å²) in [5.74, 6) is -2.98. The molecule has 0 spiro atoms. The lowest BCUT2D eigenvalue weighted by Gasteiger charge is -2.24. The molecule has 2 N–H and O–H groups in total. The molecule has 7 nitrogen and oxygen atoms in total. The fourth-order valence-corrected chi connectivity index (χ4v) is 2.41. The van der Waals surface area contributed by atoms with Crippen molar-refractivity contribution in [2.75, 3.05) is 13.7 Å². The van der Waals surface area contributed by atoms with Crippen molar-refractivity contribution >= 4 is 17.8 Å². The van der Waals surface area contributed by atoms with Gasteiger partial charge in [-0.15, -0.1) is 0 Å². The molecule has 8 heteroatoms. The molecule has 0 aromatic heterocycles. The van der Waals surface area contributed by atoms with E-state index in [2.05, 4.69) is 5.32 Å². The summed E-state index contributed by atoms with van der Waals surface area (Å²) in [6, 6.07) is 4.99. The number of nitrogens with one attached hydrogen (secondary N) is 1. The molecule has 0 radical (unpaired) electrons. The van der Waals surface area contributed by atoms with Crippen LogP contribution in [0.2, 0.25) is 0 Å². The maximum absolute atomic E-state index is 12.9. The first-order valence-corrected chi connectivity index (χ1v) is 7.40. The highest BCUT2D eigenvalue weighted by Crippen LogP contribution is 2.17. The highest BCUT2D eigenvalue weighted by atomic mass is 19.1. The number of hydrogen-bond donors (Lipinski definition) is 2. The highest BCUT2D eigenvalue weighted by molar-refractivity contribution is 6.06. The summed E-state index contributed by atoms with van der Waals surface area (Å²) in [4.78, 5) is 37.2. The van der Waals surface area contributed by atoms with Gasteiger partial charge < -0.3 is 20.1 Å². The summed E-state index contributed by atoms with van der Waals surface area (Å²) in [5.41, 5.74) is -1.28. The van der Waals surface area contributed by atoms with Crippen LogP contribution in [0, 0.1) is 5.82 Å². The third kappa shape index (κ3) is 3.53. The Morgan fingerprint density at radius 3 is 2.58 bits per heavy atom. The van der Waals surface area contributed by atoms with Crippen LogP contribution in [0.4, 0.5) is 4.39 Å². The minimum absolute atomic E-state index is 0.298. The summed E-state index contributed by atoms with van der Waals surface area (Å²) >= 11 is 0. The van der Waals surface area contributed by atoms with Crippen LogP contribution < -0.4 is 5.32 Å². The molecule has 1 aromatic carbocycles. The van der Waals surface area contributed by atoms with Gasteiger partial charge in [0.15, 0.2) is 0 Å². The standard InChI is InChI=1S/C16H19FN2O5/c1-16(24-2,15(22)23)14(21)18-12-7-8-19(13(12)20)9-10-3-5-11(17)6-4-10/h3-6,12H,7-9H2,1-2H3,(H,18,21)(H,22,23). The van der Waals surface area contributed by atoms with Gasteiger partial charge in [-0.3, -0.25) is 9.59 Å². The fourth-order valence-electron chi connectivity index (χ4n) is 2.41. The fraction of sp³-hybridized carbons (Fsp3) is 0.438. The number of carbonyl (C=O) groups is 3. The van der Waals surface area contributed by atoms with Crippen LogP contribution in [-0.4, -0.2) is 53.1 Å². The summed E-state index contributed by atoms with van der Waals surface area (Å²) in [6.07, 6.45) is 0.366. The van der Waals surface area contributed by atoms with Gasteiger partial charge in [-0.2, -0.15) is 0 Å². The van der Waals surface area contributed by atoms with Crippen molar-refractivity contribution in [1.29, 1.82) is 0 Å². The lowest BCUT2D eigenvalue weighted by molar-refractivity contribution is -0.168. The molecule has 130 valence electrons. The number of ether oxygens (including phenoxy) is 1. The normalized spacial score (nSPS) is 19.9. The molecule has 2 unspecified atom stereocenters. The zero-order chi connectivity index (χ0) is 17.9. The van der Waals surface area contributed by atoms with E-state index in [0.29, 0.717) is 19.5 Å². The molecule has 1 fully saturated rings. The third-order valence-corrected chi connectivity index (χ3v) is 4.14. The number of carboxylic acids is 1. The number of likely N-dealkylation sites (tertiary alicyclic amines) is 1. The van der Waals surface area contributed by atoms with Crippen molar-refractivity contribution in [3.05, 3.63) is 35.6 Å². The Hall–Kier alpha value is -2.48. The Morgan fingerprint density at radius 2 is 2.04 bits per heavy atom. The predicted octanol–water partition coefficient (Wildman–Crippen LogP) is 0.533. The van der Waals surface area contributed by atoms with E-state index >= 15 is 0 Å². The minimum Gasteiger partial charge on any atom is -0.479 e. The average molecular weight is 338 g/mol. The lowest BCUT2D eigenvalue weighted by Crippen LogP contribution is -2.55.